The van der Waals surface area contributed by atoms with E-state index in [9.17, 15) is 29.4 Å². The average Bonchev–Trinajstić information content (AvgIpc) is 3.76. The molecule has 2 aromatic carbocycles. The van der Waals surface area contributed by atoms with Crippen molar-refractivity contribution < 1.29 is 47.6 Å². The van der Waals surface area contributed by atoms with E-state index in [1.807, 2.05) is 42.5 Å². The normalized spacial score (nSPS) is 37.9. The molecule has 2 amide bonds. The second-order valence-corrected chi connectivity index (χ2v) is 16.9. The molecule has 4 aliphatic carbocycles. The Kier molecular flexibility index (Phi) is 8.89. The Morgan fingerprint density at radius 3 is 2.44 bits per heavy atom. The number of aliphatic hydroxyl groups is 2. The Morgan fingerprint density at radius 2 is 1.74 bits per heavy atom. The summed E-state index contributed by atoms with van der Waals surface area (Å²) in [6.07, 6.45) is 2.17. The van der Waals surface area contributed by atoms with Gasteiger partial charge in [0.2, 0.25) is 0 Å². The van der Waals surface area contributed by atoms with Crippen molar-refractivity contribution in [2.45, 2.75) is 85.3 Å². The number of benzene rings is 2. The second-order valence-electron chi connectivity index (χ2n) is 15.8. The zero-order valence-electron chi connectivity index (χ0n) is 29.9. The van der Waals surface area contributed by atoms with Gasteiger partial charge in [0.1, 0.15) is 12.8 Å². The number of imide groups is 1. The molecule has 9 nitrogen and oxygen atoms in total. The summed E-state index contributed by atoms with van der Waals surface area (Å²) in [5.41, 5.74) is -4.34. The number of halogens is 2. The highest BCUT2D eigenvalue weighted by Gasteiger charge is 2.80. The Bertz CT molecular complexity index is 2050. The predicted octanol–water partition coefficient (Wildman–Crippen LogP) is 5.50. The molecule has 2 aromatic rings. The van der Waals surface area contributed by atoms with Crippen molar-refractivity contribution in [3.63, 3.8) is 0 Å². The predicted molar refractivity (Wildman–Crippen MR) is 193 cm³/mol. The molecule has 0 radical (unpaired) electrons. The first-order chi connectivity index (χ1) is 25.6. The number of nitrogens with zero attached hydrogens (tertiary/aromatic N) is 1. The number of ether oxygens (including phenoxy) is 2. The van der Waals surface area contributed by atoms with Crippen LogP contribution in [0.3, 0.4) is 0 Å². The van der Waals surface area contributed by atoms with Crippen molar-refractivity contribution in [3.05, 3.63) is 108 Å². The fraction of sp³-hybridized carbons (Fsp3) is 0.429. The number of amides is 2. The van der Waals surface area contributed by atoms with E-state index in [1.54, 1.807) is 38.1 Å². The van der Waals surface area contributed by atoms with Crippen LogP contribution < -0.4 is 0 Å². The summed E-state index contributed by atoms with van der Waals surface area (Å²) in [4.78, 5) is 52.8. The van der Waals surface area contributed by atoms with Crippen LogP contribution in [0.25, 0.3) is 0 Å². The van der Waals surface area contributed by atoms with Crippen molar-refractivity contribution >= 4 is 35.1 Å². The van der Waals surface area contributed by atoms with Gasteiger partial charge in [-0.25, -0.2) is 8.78 Å². The van der Waals surface area contributed by atoms with Crippen LogP contribution in [0.15, 0.2) is 106 Å². The average molecular weight is 758 g/mol. The van der Waals surface area contributed by atoms with Gasteiger partial charge in [-0.1, -0.05) is 67.8 Å². The van der Waals surface area contributed by atoms with E-state index in [0.717, 1.165) is 32.4 Å². The van der Waals surface area contributed by atoms with Gasteiger partial charge in [0, 0.05) is 50.7 Å². The molecule has 4 fully saturated rings. The molecule has 0 bridgehead atoms. The van der Waals surface area contributed by atoms with Crippen LogP contribution in [-0.4, -0.2) is 81.3 Å². The number of Topliss-reactive ketones (excluding diaryl/α,β-unsaturated/α-hetero) is 2. The number of ketones is 2. The fourth-order valence-corrected chi connectivity index (χ4v) is 11.3. The number of carbonyl (C=O) groups excluding carboxylic acids is 4. The number of fused-ring (bicyclic) bond motifs is 7. The minimum atomic E-state index is -2.22. The van der Waals surface area contributed by atoms with E-state index in [1.165, 1.54) is 11.8 Å². The quantitative estimate of drug-likeness (QED) is 0.319. The SMILES string of the molecule is C=C1C=C[C@@]2(C)C(=C1)[C@@H](F)C[C@H]1[C@@H]3C[C@H]4O[C@@H](c5ccc(Sc6cccc(CC(=O)CN7C(=O)C=CC7=O)c6)cc5)O[C@@]4(C(=O)CO)[C@@]3(C)C[C@H](O)[C@@]12F. The van der Waals surface area contributed by atoms with Crippen molar-refractivity contribution in [2.24, 2.45) is 22.7 Å². The third-order valence-corrected chi connectivity index (χ3v) is 13.9. The zero-order chi connectivity index (χ0) is 38.4. The molecule has 54 heavy (non-hydrogen) atoms. The summed E-state index contributed by atoms with van der Waals surface area (Å²) in [6, 6.07) is 14.8. The topological polar surface area (TPSA) is 130 Å². The fourth-order valence-electron chi connectivity index (χ4n) is 10.4. The highest BCUT2D eigenvalue weighted by Crippen LogP contribution is 2.72. The third kappa shape index (κ3) is 5.31. The monoisotopic (exact) mass is 757 g/mol. The second kappa shape index (κ2) is 13.0. The van der Waals surface area contributed by atoms with Gasteiger partial charge in [-0.05, 0) is 73.1 Å². The van der Waals surface area contributed by atoms with Gasteiger partial charge in [0.05, 0.1) is 18.8 Å². The minimum absolute atomic E-state index is 0.0546. The lowest BCUT2D eigenvalue weighted by Gasteiger charge is -2.63. The molecule has 8 rings (SSSR count). The van der Waals surface area contributed by atoms with Crippen LogP contribution in [0.1, 0.15) is 50.5 Å². The Balaban J connectivity index is 0.997. The molecule has 6 aliphatic rings. The number of alkyl halides is 2. The highest BCUT2D eigenvalue weighted by molar-refractivity contribution is 7.99. The van der Waals surface area contributed by atoms with Gasteiger partial charge in [-0.3, -0.25) is 24.1 Å². The Morgan fingerprint density at radius 1 is 1.02 bits per heavy atom. The van der Waals surface area contributed by atoms with Gasteiger partial charge in [0.15, 0.2) is 29.1 Å². The molecule has 282 valence electrons. The van der Waals surface area contributed by atoms with Gasteiger partial charge in [0.25, 0.3) is 11.8 Å². The smallest absolute Gasteiger partial charge is 0.254 e. The van der Waals surface area contributed by atoms with E-state index >= 15 is 8.78 Å². The maximum absolute atomic E-state index is 17.7. The molecule has 0 unspecified atom stereocenters. The van der Waals surface area contributed by atoms with Crippen LogP contribution in [0, 0.1) is 22.7 Å². The largest absolute Gasteiger partial charge is 0.390 e. The van der Waals surface area contributed by atoms with E-state index in [4.69, 9.17) is 9.47 Å². The lowest BCUT2D eigenvalue weighted by atomic mass is 9.44. The molecule has 0 aromatic heterocycles. The summed E-state index contributed by atoms with van der Waals surface area (Å²) >= 11 is 1.45. The van der Waals surface area contributed by atoms with E-state index in [2.05, 4.69) is 6.58 Å². The maximum atomic E-state index is 17.7. The first kappa shape index (κ1) is 36.9. The molecule has 0 spiro atoms. The number of rotatable bonds is 9. The molecule has 10 atom stereocenters. The summed E-state index contributed by atoms with van der Waals surface area (Å²) < 4.78 is 46.8. The van der Waals surface area contributed by atoms with Crippen LogP contribution >= 0.6 is 11.8 Å². The Labute approximate surface area is 315 Å². The van der Waals surface area contributed by atoms with E-state index in [-0.39, 0.29) is 43.6 Å². The molecular weight excluding hydrogens is 717 g/mol. The van der Waals surface area contributed by atoms with Crippen molar-refractivity contribution in [3.8, 4) is 0 Å². The molecule has 3 saturated carbocycles. The number of carbonyl (C=O) groups is 4. The summed E-state index contributed by atoms with van der Waals surface area (Å²) in [5, 5.41) is 22.1. The first-order valence-corrected chi connectivity index (χ1v) is 19.0. The number of hydrogen-bond donors (Lipinski definition) is 2. The van der Waals surface area contributed by atoms with Crippen LogP contribution in [0.5, 0.6) is 0 Å². The van der Waals surface area contributed by atoms with E-state index in [0.29, 0.717) is 11.1 Å². The molecule has 2 N–H and O–H groups in total. The standard InChI is InChI=1S/C42H41F2NO8S/c1-23-13-14-39(2)31(15-23)32(43)18-30-29-19-35-42(34(49)22-46,40(29,3)20-33(48)41(30,39)44)53-38(52-35)25-7-9-27(10-8-25)54-28-6-4-5-24(17-28)16-26(47)21-45-36(50)11-12-37(45)51/h4-15,17,29-30,32-33,35,38,46,48H,1,16,18-22H2,2-3H3/t29-,30-,32-,33-,35+,38+,39-,40-,41-,42+/m0/s1. The Hall–Kier alpha value is -4.07. The van der Waals surface area contributed by atoms with Crippen LogP contribution in [0.2, 0.25) is 0 Å². The lowest BCUT2D eigenvalue weighted by molar-refractivity contribution is -0.235. The molecule has 12 heteroatoms. The van der Waals surface area contributed by atoms with Crippen LogP contribution in [-0.2, 0) is 35.1 Å². The summed E-state index contributed by atoms with van der Waals surface area (Å²) in [7, 11) is 0. The van der Waals surface area contributed by atoms with Gasteiger partial charge < -0.3 is 19.7 Å². The lowest BCUT2D eigenvalue weighted by Crippen LogP contribution is -2.70. The van der Waals surface area contributed by atoms with E-state index < -0.39 is 82.8 Å². The molecule has 1 saturated heterocycles. The van der Waals surface area contributed by atoms with Crippen molar-refractivity contribution in [1.82, 2.24) is 4.90 Å². The van der Waals surface area contributed by atoms with Gasteiger partial charge in [-0.15, -0.1) is 0 Å². The number of hydrogen-bond acceptors (Lipinski definition) is 9. The van der Waals surface area contributed by atoms with Crippen molar-refractivity contribution in [1.29, 1.82) is 0 Å². The van der Waals surface area contributed by atoms with Gasteiger partial charge in [-0.2, -0.15) is 0 Å². The van der Waals surface area contributed by atoms with Crippen LogP contribution in [0.4, 0.5) is 8.78 Å². The first-order valence-electron chi connectivity index (χ1n) is 18.2. The third-order valence-electron chi connectivity index (χ3n) is 12.9. The minimum Gasteiger partial charge on any atom is -0.390 e. The van der Waals surface area contributed by atoms with Crippen molar-refractivity contribution in [2.75, 3.05) is 13.2 Å². The molecule has 2 heterocycles. The zero-order valence-corrected chi connectivity index (χ0v) is 30.7. The molecular formula is C42H41F2NO8S. The summed E-state index contributed by atoms with van der Waals surface area (Å²) in [5.74, 6) is -3.43. The van der Waals surface area contributed by atoms with Gasteiger partial charge >= 0.3 is 0 Å². The number of aliphatic hydroxyl groups excluding tert-OH is 2. The summed E-state index contributed by atoms with van der Waals surface area (Å²) in [6.45, 7) is 6.18. The molecule has 2 aliphatic heterocycles. The number of allylic oxidation sites excluding steroid dienone is 5. The maximum Gasteiger partial charge on any atom is 0.254 e. The highest BCUT2D eigenvalue weighted by atomic mass is 32.2.